The second-order valence-corrected chi connectivity index (χ2v) is 9.33. The van der Waals surface area contributed by atoms with Crippen LogP contribution in [0.1, 0.15) is 44.4 Å². The van der Waals surface area contributed by atoms with Crippen LogP contribution in [0.15, 0.2) is 78.9 Å². The fraction of sp³-hybridized carbons (Fsp3) is 0.286. The number of benzene rings is 3. The Balaban J connectivity index is 1.82. The summed E-state index contributed by atoms with van der Waals surface area (Å²) in [5.74, 6) is -0.489. The highest BCUT2D eigenvalue weighted by molar-refractivity contribution is 6.02. The van der Waals surface area contributed by atoms with Crippen LogP contribution in [0.25, 0.3) is 11.0 Å². The molecule has 7 nitrogen and oxygen atoms in total. The second-order valence-electron chi connectivity index (χ2n) is 9.33. The first-order valence-corrected chi connectivity index (χ1v) is 11.8. The van der Waals surface area contributed by atoms with Crippen LogP contribution < -0.4 is 10.2 Å². The molecule has 0 fully saturated rings. The number of fused-ring (bicyclic) bond motifs is 1. The quantitative estimate of drug-likeness (QED) is 0.401. The third kappa shape index (κ3) is 5.24. The van der Waals surface area contributed by atoms with Gasteiger partial charge in [-0.1, -0.05) is 72.8 Å². The van der Waals surface area contributed by atoms with Gasteiger partial charge in [0.15, 0.2) is 0 Å². The molecule has 1 N–H and O–H groups in total. The summed E-state index contributed by atoms with van der Waals surface area (Å²) < 4.78 is 1.58. The SMILES string of the molecule is CCC(C)(C)NC(=O)[C@@H](c1ccccc1)N(C(=O)Cn1nnc2ccccc21)c1ccccc1C. The molecule has 1 heterocycles. The third-order valence-electron chi connectivity index (χ3n) is 6.32. The zero-order chi connectivity index (χ0) is 25.0. The molecule has 0 saturated carbocycles. The van der Waals surface area contributed by atoms with Gasteiger partial charge in [-0.15, -0.1) is 5.10 Å². The molecule has 0 aliphatic rings. The van der Waals surface area contributed by atoms with Gasteiger partial charge in [-0.2, -0.15) is 0 Å². The molecule has 7 heteroatoms. The van der Waals surface area contributed by atoms with Crippen molar-refractivity contribution in [3.63, 3.8) is 0 Å². The monoisotopic (exact) mass is 469 g/mol. The lowest BCUT2D eigenvalue weighted by Crippen LogP contribution is -2.51. The van der Waals surface area contributed by atoms with Gasteiger partial charge in [0.1, 0.15) is 18.1 Å². The maximum absolute atomic E-state index is 14.0. The van der Waals surface area contributed by atoms with E-state index in [1.165, 1.54) is 0 Å². The molecule has 35 heavy (non-hydrogen) atoms. The fourth-order valence-electron chi connectivity index (χ4n) is 4.03. The molecule has 0 aliphatic heterocycles. The highest BCUT2D eigenvalue weighted by Crippen LogP contribution is 2.31. The van der Waals surface area contributed by atoms with Crippen molar-refractivity contribution in [2.45, 2.75) is 52.2 Å². The van der Waals surface area contributed by atoms with Gasteiger partial charge in [0.2, 0.25) is 11.8 Å². The van der Waals surface area contributed by atoms with Crippen LogP contribution in [0.2, 0.25) is 0 Å². The average Bonchev–Trinajstić information content (AvgIpc) is 3.26. The molecule has 0 radical (unpaired) electrons. The lowest BCUT2D eigenvalue weighted by molar-refractivity contribution is -0.128. The van der Waals surface area contributed by atoms with E-state index in [-0.39, 0.29) is 18.4 Å². The van der Waals surface area contributed by atoms with Gasteiger partial charge in [-0.25, -0.2) is 4.68 Å². The van der Waals surface area contributed by atoms with E-state index < -0.39 is 11.6 Å². The predicted molar refractivity (Wildman–Crippen MR) is 138 cm³/mol. The van der Waals surface area contributed by atoms with E-state index in [1.807, 2.05) is 107 Å². The van der Waals surface area contributed by atoms with E-state index in [0.717, 1.165) is 23.1 Å². The van der Waals surface area contributed by atoms with E-state index in [2.05, 4.69) is 15.6 Å². The second kappa shape index (κ2) is 10.1. The first-order valence-electron chi connectivity index (χ1n) is 11.8. The Morgan fingerprint density at radius 3 is 2.34 bits per heavy atom. The molecular formula is C28H31N5O2. The Morgan fingerprint density at radius 1 is 0.971 bits per heavy atom. The van der Waals surface area contributed by atoms with E-state index in [9.17, 15) is 9.59 Å². The summed E-state index contributed by atoms with van der Waals surface area (Å²) in [6.45, 7) is 7.87. The van der Waals surface area contributed by atoms with Gasteiger partial charge in [-0.3, -0.25) is 14.5 Å². The number of nitrogens with one attached hydrogen (secondary N) is 1. The Labute approximate surface area is 205 Å². The van der Waals surface area contributed by atoms with E-state index in [4.69, 9.17) is 0 Å². The van der Waals surface area contributed by atoms with Gasteiger partial charge >= 0.3 is 0 Å². The number of aromatic nitrogens is 3. The van der Waals surface area contributed by atoms with Crippen molar-refractivity contribution in [1.82, 2.24) is 20.3 Å². The minimum Gasteiger partial charge on any atom is -0.349 e. The molecule has 0 aliphatic carbocycles. The standard InChI is InChI=1S/C28H31N5O2/c1-5-28(3,4)29-27(35)26(21-14-7-6-8-15-21)33(23-17-11-9-13-20(23)2)25(34)19-32-24-18-12-10-16-22(24)30-31-32/h6-18,26H,5,19H2,1-4H3,(H,29,35)/t26-/m1/s1. The van der Waals surface area contributed by atoms with Crippen LogP contribution in [0.3, 0.4) is 0 Å². The van der Waals surface area contributed by atoms with Crippen molar-refractivity contribution in [2.24, 2.45) is 0 Å². The van der Waals surface area contributed by atoms with Crippen molar-refractivity contribution in [1.29, 1.82) is 0 Å². The molecular weight excluding hydrogens is 438 g/mol. The molecule has 0 unspecified atom stereocenters. The zero-order valence-corrected chi connectivity index (χ0v) is 20.6. The number of para-hydroxylation sites is 2. The average molecular weight is 470 g/mol. The highest BCUT2D eigenvalue weighted by atomic mass is 16.2. The van der Waals surface area contributed by atoms with Crippen molar-refractivity contribution in [3.8, 4) is 0 Å². The first kappa shape index (κ1) is 24.1. The number of hydrogen-bond donors (Lipinski definition) is 1. The lowest BCUT2D eigenvalue weighted by Gasteiger charge is -2.35. The summed E-state index contributed by atoms with van der Waals surface area (Å²) in [6.07, 6.45) is 0.753. The van der Waals surface area contributed by atoms with Crippen molar-refractivity contribution in [2.75, 3.05) is 4.90 Å². The summed E-state index contributed by atoms with van der Waals surface area (Å²) in [4.78, 5) is 29.4. The molecule has 180 valence electrons. The number of anilines is 1. The van der Waals surface area contributed by atoms with Gasteiger partial charge in [-0.05, 0) is 56.5 Å². The van der Waals surface area contributed by atoms with Crippen molar-refractivity contribution >= 4 is 28.5 Å². The van der Waals surface area contributed by atoms with Crippen LogP contribution in [0, 0.1) is 6.92 Å². The molecule has 4 aromatic rings. The number of carbonyl (C=O) groups is 2. The van der Waals surface area contributed by atoms with Crippen LogP contribution in [0.4, 0.5) is 5.69 Å². The minimum absolute atomic E-state index is 0.0529. The normalized spacial score (nSPS) is 12.3. The first-order chi connectivity index (χ1) is 16.8. The fourth-order valence-corrected chi connectivity index (χ4v) is 4.03. The Morgan fingerprint density at radius 2 is 1.63 bits per heavy atom. The minimum atomic E-state index is -0.856. The van der Waals surface area contributed by atoms with Crippen LogP contribution >= 0.6 is 0 Å². The summed E-state index contributed by atoms with van der Waals surface area (Å²) >= 11 is 0. The smallest absolute Gasteiger partial charge is 0.249 e. The highest BCUT2D eigenvalue weighted by Gasteiger charge is 2.35. The topological polar surface area (TPSA) is 80.1 Å². The van der Waals surface area contributed by atoms with E-state index in [1.54, 1.807) is 9.58 Å². The van der Waals surface area contributed by atoms with Crippen molar-refractivity contribution in [3.05, 3.63) is 90.0 Å². The maximum atomic E-state index is 14.0. The largest absolute Gasteiger partial charge is 0.349 e. The lowest BCUT2D eigenvalue weighted by atomic mass is 9.97. The predicted octanol–water partition coefficient (Wildman–Crippen LogP) is 4.82. The molecule has 0 spiro atoms. The van der Waals surface area contributed by atoms with Gasteiger partial charge in [0, 0.05) is 11.2 Å². The summed E-state index contributed by atoms with van der Waals surface area (Å²) in [7, 11) is 0. The number of carbonyl (C=O) groups excluding carboxylic acids is 2. The van der Waals surface area contributed by atoms with Gasteiger partial charge in [0.25, 0.3) is 0 Å². The summed E-state index contributed by atoms with van der Waals surface area (Å²) in [5.41, 5.74) is 3.36. The van der Waals surface area contributed by atoms with Crippen LogP contribution in [0.5, 0.6) is 0 Å². The Hall–Kier alpha value is -4.00. The van der Waals surface area contributed by atoms with Crippen LogP contribution in [-0.4, -0.2) is 32.3 Å². The molecule has 4 rings (SSSR count). The number of amides is 2. The molecule has 1 atom stereocenters. The summed E-state index contributed by atoms with van der Waals surface area (Å²) in [6, 6.07) is 23.7. The number of rotatable bonds is 8. The maximum Gasteiger partial charge on any atom is 0.249 e. The summed E-state index contributed by atoms with van der Waals surface area (Å²) in [5, 5.41) is 11.5. The number of nitrogens with zero attached hydrogens (tertiary/aromatic N) is 4. The molecule has 0 saturated heterocycles. The van der Waals surface area contributed by atoms with Crippen LogP contribution in [-0.2, 0) is 16.1 Å². The third-order valence-corrected chi connectivity index (χ3v) is 6.32. The Bertz CT molecular complexity index is 1330. The van der Waals surface area contributed by atoms with E-state index >= 15 is 0 Å². The van der Waals surface area contributed by atoms with Gasteiger partial charge < -0.3 is 5.32 Å². The van der Waals surface area contributed by atoms with E-state index in [0.29, 0.717) is 11.2 Å². The number of hydrogen-bond acceptors (Lipinski definition) is 4. The molecule has 2 amide bonds. The zero-order valence-electron chi connectivity index (χ0n) is 20.6. The van der Waals surface area contributed by atoms with Gasteiger partial charge in [0.05, 0.1) is 5.52 Å². The van der Waals surface area contributed by atoms with Crippen molar-refractivity contribution < 1.29 is 9.59 Å². The molecule has 1 aromatic heterocycles. The molecule has 3 aromatic carbocycles. The Kier molecular flexibility index (Phi) is 6.96. The number of aryl methyl sites for hydroxylation is 1. The molecule has 0 bridgehead atoms.